The highest BCUT2D eigenvalue weighted by atomic mass is 79.9. The Morgan fingerprint density at radius 3 is 2.29 bits per heavy atom. The van der Waals surface area contributed by atoms with E-state index in [-0.39, 0.29) is 0 Å². The first-order chi connectivity index (χ1) is 3.18. The topological polar surface area (TPSA) is 49.8 Å². The number of nitrogens with two attached hydrogens (primary N) is 1. The van der Waals surface area contributed by atoms with Crippen LogP contribution in [0.2, 0.25) is 0 Å². The minimum Gasteiger partial charge on any atom is -0.401 e. The average Bonchev–Trinajstić information content (AvgIpc) is 1.65. The third-order valence-corrected chi connectivity index (χ3v) is 1.25. The van der Waals surface area contributed by atoms with Gasteiger partial charge in [0.2, 0.25) is 0 Å². The third kappa shape index (κ3) is 2.24. The van der Waals surface area contributed by atoms with Crippen molar-refractivity contribution in [3.63, 3.8) is 0 Å². The summed E-state index contributed by atoms with van der Waals surface area (Å²) in [6, 6.07) is 1.84. The third-order valence-electron chi connectivity index (χ3n) is 0.444. The van der Waals surface area contributed by atoms with Crippen LogP contribution in [0.5, 0.6) is 0 Å². The van der Waals surface area contributed by atoms with E-state index in [9.17, 15) is 0 Å². The molecule has 2 nitrogen and oxygen atoms in total. The van der Waals surface area contributed by atoms with Crippen molar-refractivity contribution in [2.75, 3.05) is 0 Å². The van der Waals surface area contributed by atoms with Gasteiger partial charge in [-0.2, -0.15) is 5.26 Å². The van der Waals surface area contributed by atoms with E-state index in [1.165, 1.54) is 0 Å². The summed E-state index contributed by atoms with van der Waals surface area (Å²) in [7, 11) is 0. The van der Waals surface area contributed by atoms with Crippen LogP contribution in [0.15, 0.2) is 10.2 Å². The van der Waals surface area contributed by atoms with Gasteiger partial charge in [0, 0.05) is 5.70 Å². The number of allylic oxidation sites excluding steroid dienone is 2. The zero-order chi connectivity index (χ0) is 5.86. The quantitative estimate of drug-likeness (QED) is 0.540. The van der Waals surface area contributed by atoms with Gasteiger partial charge < -0.3 is 5.73 Å². The van der Waals surface area contributed by atoms with Crippen LogP contribution in [0.1, 0.15) is 6.92 Å². The van der Waals surface area contributed by atoms with Crippen LogP contribution in [0.4, 0.5) is 0 Å². The molecule has 0 aliphatic rings. The van der Waals surface area contributed by atoms with Gasteiger partial charge in [-0.1, -0.05) is 0 Å². The Labute approximate surface area is 50.7 Å². The molecule has 38 valence electrons. The molecule has 0 aliphatic carbocycles. The molecule has 0 aliphatic heterocycles. The Bertz CT molecular complexity index is 127. The molecule has 0 unspecified atom stereocenters. The molecule has 0 saturated carbocycles. The summed E-state index contributed by atoms with van der Waals surface area (Å²) in [4.78, 5) is 0. The fourth-order valence-corrected chi connectivity index (χ4v) is 0.0882. The van der Waals surface area contributed by atoms with Crippen molar-refractivity contribution in [1.82, 2.24) is 0 Å². The van der Waals surface area contributed by atoms with E-state index in [0.717, 1.165) is 0 Å². The summed E-state index contributed by atoms with van der Waals surface area (Å²) in [5.41, 5.74) is 5.67. The van der Waals surface area contributed by atoms with Crippen molar-refractivity contribution >= 4 is 15.9 Å². The second kappa shape index (κ2) is 2.64. The number of rotatable bonds is 0. The van der Waals surface area contributed by atoms with Crippen molar-refractivity contribution in [3.05, 3.63) is 10.2 Å². The lowest BCUT2D eigenvalue weighted by molar-refractivity contribution is 1.31. The lowest BCUT2D eigenvalue weighted by Crippen LogP contribution is -1.91. The first-order valence-corrected chi connectivity index (χ1v) is 2.49. The number of hydrogen-bond donors (Lipinski definition) is 1. The smallest absolute Gasteiger partial charge is 0.113 e. The summed E-state index contributed by atoms with van der Waals surface area (Å²) < 4.78 is 0.410. The van der Waals surface area contributed by atoms with Gasteiger partial charge >= 0.3 is 0 Å². The molecular weight excluding hydrogens is 156 g/mol. The van der Waals surface area contributed by atoms with Crippen molar-refractivity contribution < 1.29 is 0 Å². The fourth-order valence-electron chi connectivity index (χ4n) is 0.0882. The molecule has 0 amide bonds. The number of nitrogens with zero attached hydrogens (tertiary/aromatic N) is 1. The highest BCUT2D eigenvalue weighted by Gasteiger charge is 1.86. The average molecular weight is 161 g/mol. The lowest BCUT2D eigenvalue weighted by atomic mass is 10.5. The van der Waals surface area contributed by atoms with Crippen molar-refractivity contribution in [2.45, 2.75) is 6.92 Å². The molecule has 0 heterocycles. The standard InChI is InChI=1S/C4H5BrN2/c1-3(7)4(5)2-6/h7H2,1H3/b4-3-. The molecule has 0 spiro atoms. The van der Waals surface area contributed by atoms with Gasteiger partial charge in [-0.25, -0.2) is 0 Å². The van der Waals surface area contributed by atoms with Gasteiger partial charge in [0.05, 0.1) is 0 Å². The first-order valence-electron chi connectivity index (χ1n) is 1.70. The maximum absolute atomic E-state index is 8.07. The molecule has 0 atom stereocenters. The van der Waals surface area contributed by atoms with Crippen LogP contribution in [0, 0.1) is 11.3 Å². The predicted octanol–water partition coefficient (Wildman–Crippen LogP) is 1.10. The number of nitriles is 1. The fraction of sp³-hybridized carbons (Fsp3) is 0.250. The summed E-state index contributed by atoms with van der Waals surface area (Å²) in [5.74, 6) is 0. The summed E-state index contributed by atoms with van der Waals surface area (Å²) in [6.45, 7) is 1.66. The van der Waals surface area contributed by atoms with Crippen LogP contribution in [0.25, 0.3) is 0 Å². The van der Waals surface area contributed by atoms with Gasteiger partial charge in [-0.3, -0.25) is 0 Å². The van der Waals surface area contributed by atoms with E-state index in [1.807, 2.05) is 6.07 Å². The Kier molecular flexibility index (Phi) is 2.46. The molecule has 0 fully saturated rings. The van der Waals surface area contributed by atoms with Gasteiger partial charge in [-0.15, -0.1) is 0 Å². The van der Waals surface area contributed by atoms with E-state index in [2.05, 4.69) is 15.9 Å². The van der Waals surface area contributed by atoms with E-state index in [0.29, 0.717) is 10.2 Å². The van der Waals surface area contributed by atoms with E-state index < -0.39 is 0 Å². The van der Waals surface area contributed by atoms with Crippen LogP contribution >= 0.6 is 15.9 Å². The number of halogens is 1. The van der Waals surface area contributed by atoms with E-state index in [4.69, 9.17) is 11.0 Å². The van der Waals surface area contributed by atoms with E-state index >= 15 is 0 Å². The summed E-state index contributed by atoms with van der Waals surface area (Å²) >= 11 is 2.93. The van der Waals surface area contributed by atoms with Crippen LogP contribution in [0.3, 0.4) is 0 Å². The highest BCUT2D eigenvalue weighted by Crippen LogP contribution is 2.03. The van der Waals surface area contributed by atoms with Crippen molar-refractivity contribution in [2.24, 2.45) is 5.73 Å². The van der Waals surface area contributed by atoms with Gasteiger partial charge in [0.25, 0.3) is 0 Å². The van der Waals surface area contributed by atoms with E-state index in [1.54, 1.807) is 6.92 Å². The molecule has 2 N–H and O–H groups in total. The second-order valence-corrected chi connectivity index (χ2v) is 1.90. The van der Waals surface area contributed by atoms with Crippen molar-refractivity contribution in [1.29, 1.82) is 5.26 Å². The van der Waals surface area contributed by atoms with Crippen molar-refractivity contribution in [3.8, 4) is 6.07 Å². The lowest BCUT2D eigenvalue weighted by Gasteiger charge is -1.83. The highest BCUT2D eigenvalue weighted by molar-refractivity contribution is 9.12. The maximum atomic E-state index is 8.07. The minimum absolute atomic E-state index is 0.410. The van der Waals surface area contributed by atoms with Crippen LogP contribution in [-0.4, -0.2) is 0 Å². The second-order valence-electron chi connectivity index (χ2n) is 1.11. The Hall–Kier alpha value is -0.490. The molecular formula is C4H5BrN2. The largest absolute Gasteiger partial charge is 0.401 e. The molecule has 0 aromatic heterocycles. The Morgan fingerprint density at radius 2 is 2.29 bits per heavy atom. The summed E-state index contributed by atoms with van der Waals surface area (Å²) in [5, 5.41) is 8.07. The van der Waals surface area contributed by atoms with Gasteiger partial charge in [0.15, 0.2) is 0 Å². The van der Waals surface area contributed by atoms with Gasteiger partial charge in [0.1, 0.15) is 10.6 Å². The zero-order valence-corrected chi connectivity index (χ0v) is 5.49. The van der Waals surface area contributed by atoms with Crippen LogP contribution in [-0.2, 0) is 0 Å². The van der Waals surface area contributed by atoms with Crippen LogP contribution < -0.4 is 5.73 Å². The molecule has 7 heavy (non-hydrogen) atoms. The molecule has 0 aromatic rings. The summed E-state index contributed by atoms with van der Waals surface area (Å²) in [6.07, 6.45) is 0. The van der Waals surface area contributed by atoms with Gasteiger partial charge in [-0.05, 0) is 22.9 Å². The SMILES string of the molecule is C/C(N)=C(/Br)C#N. The maximum Gasteiger partial charge on any atom is 0.113 e. The molecule has 0 bridgehead atoms. The normalized spacial score (nSPS) is 12.1. The molecule has 0 rings (SSSR count). The first kappa shape index (κ1) is 6.51. The molecule has 3 heteroatoms. The number of hydrogen-bond acceptors (Lipinski definition) is 2. The Morgan fingerprint density at radius 1 is 1.86 bits per heavy atom. The monoisotopic (exact) mass is 160 g/mol. The molecule has 0 saturated heterocycles. The minimum atomic E-state index is 0.410. The molecule has 0 aromatic carbocycles. The predicted molar refractivity (Wildman–Crippen MR) is 31.4 cm³/mol. The molecule has 0 radical (unpaired) electrons. The zero-order valence-electron chi connectivity index (χ0n) is 3.90. The Balaban J connectivity index is 4.07.